The van der Waals surface area contributed by atoms with E-state index in [-0.39, 0.29) is 11.9 Å². The van der Waals surface area contributed by atoms with Crippen molar-refractivity contribution in [1.29, 1.82) is 0 Å². The molecule has 7 heteroatoms. The molecule has 3 rings (SSSR count). The van der Waals surface area contributed by atoms with Gasteiger partial charge >= 0.3 is 11.8 Å². The number of hydrogen-bond donors (Lipinski definition) is 2. The van der Waals surface area contributed by atoms with Gasteiger partial charge in [-0.1, -0.05) is 6.07 Å². The van der Waals surface area contributed by atoms with Crippen molar-refractivity contribution in [2.75, 3.05) is 23.3 Å². The van der Waals surface area contributed by atoms with Crippen LogP contribution in [0.5, 0.6) is 0 Å². The van der Waals surface area contributed by atoms with Gasteiger partial charge in [0.1, 0.15) is 5.82 Å². The molecule has 130 valence electrons. The molecule has 1 aromatic carbocycles. The number of hydrogen-bond acceptors (Lipinski definition) is 4. The number of piperidine rings is 1. The normalized spacial score (nSPS) is 17.0. The first-order valence-corrected chi connectivity index (χ1v) is 8.14. The monoisotopic (exact) mass is 342 g/mol. The molecule has 0 spiro atoms. The van der Waals surface area contributed by atoms with Gasteiger partial charge in [-0.05, 0) is 43.2 Å². The summed E-state index contributed by atoms with van der Waals surface area (Å²) in [7, 11) is 0. The van der Waals surface area contributed by atoms with Crippen LogP contribution in [0.3, 0.4) is 0 Å². The SMILES string of the molecule is O=C(Nc1cccnc1)C(=O)N[C@H]1CCCN(c2cccc(F)c2)C1. The number of pyridine rings is 1. The minimum Gasteiger partial charge on any atom is -0.369 e. The van der Waals surface area contributed by atoms with Crippen molar-refractivity contribution in [2.24, 2.45) is 0 Å². The first-order valence-electron chi connectivity index (χ1n) is 8.14. The van der Waals surface area contributed by atoms with Crippen molar-refractivity contribution in [2.45, 2.75) is 18.9 Å². The van der Waals surface area contributed by atoms with Gasteiger partial charge in [0.2, 0.25) is 0 Å². The van der Waals surface area contributed by atoms with Gasteiger partial charge in [-0.25, -0.2) is 4.39 Å². The second kappa shape index (κ2) is 7.74. The van der Waals surface area contributed by atoms with Crippen molar-refractivity contribution in [1.82, 2.24) is 10.3 Å². The second-order valence-corrected chi connectivity index (χ2v) is 5.93. The molecular weight excluding hydrogens is 323 g/mol. The highest BCUT2D eigenvalue weighted by molar-refractivity contribution is 6.39. The fourth-order valence-electron chi connectivity index (χ4n) is 2.88. The number of amides is 2. The number of nitrogens with zero attached hydrogens (tertiary/aromatic N) is 2. The lowest BCUT2D eigenvalue weighted by atomic mass is 10.0. The summed E-state index contributed by atoms with van der Waals surface area (Å²) in [6, 6.07) is 9.53. The Hall–Kier alpha value is -2.96. The van der Waals surface area contributed by atoms with Gasteiger partial charge in [-0.15, -0.1) is 0 Å². The molecule has 1 atom stereocenters. The molecule has 0 unspecified atom stereocenters. The quantitative estimate of drug-likeness (QED) is 0.836. The molecule has 1 aliphatic heterocycles. The number of benzene rings is 1. The Bertz CT molecular complexity index is 754. The predicted octanol–water partition coefficient (Wildman–Crippen LogP) is 1.94. The molecule has 1 aliphatic rings. The van der Waals surface area contributed by atoms with Crippen LogP contribution in [-0.4, -0.2) is 35.9 Å². The average Bonchev–Trinajstić information content (AvgIpc) is 2.63. The van der Waals surface area contributed by atoms with Crippen molar-refractivity contribution >= 4 is 23.2 Å². The largest absolute Gasteiger partial charge is 0.369 e. The van der Waals surface area contributed by atoms with Gasteiger partial charge in [-0.3, -0.25) is 14.6 Å². The van der Waals surface area contributed by atoms with Gasteiger partial charge in [0.05, 0.1) is 11.9 Å². The number of aromatic nitrogens is 1. The third-order valence-corrected chi connectivity index (χ3v) is 4.06. The Morgan fingerprint density at radius 3 is 2.84 bits per heavy atom. The molecule has 2 aromatic rings. The molecule has 0 radical (unpaired) electrons. The van der Waals surface area contributed by atoms with Crippen molar-refractivity contribution in [3.63, 3.8) is 0 Å². The highest BCUT2D eigenvalue weighted by Gasteiger charge is 2.24. The summed E-state index contributed by atoms with van der Waals surface area (Å²) in [5, 5.41) is 5.25. The Kier molecular flexibility index (Phi) is 5.23. The Morgan fingerprint density at radius 2 is 2.08 bits per heavy atom. The maximum Gasteiger partial charge on any atom is 0.313 e. The van der Waals surface area contributed by atoms with Gasteiger partial charge in [0.25, 0.3) is 0 Å². The molecule has 1 aromatic heterocycles. The van der Waals surface area contributed by atoms with Gasteiger partial charge in [0, 0.05) is 31.0 Å². The lowest BCUT2D eigenvalue weighted by Crippen LogP contribution is -2.50. The van der Waals surface area contributed by atoms with E-state index in [2.05, 4.69) is 15.6 Å². The summed E-state index contributed by atoms with van der Waals surface area (Å²) in [4.78, 5) is 29.9. The lowest BCUT2D eigenvalue weighted by Gasteiger charge is -2.34. The minimum absolute atomic E-state index is 0.163. The summed E-state index contributed by atoms with van der Waals surface area (Å²) < 4.78 is 13.4. The Balaban J connectivity index is 1.57. The zero-order valence-electron chi connectivity index (χ0n) is 13.6. The van der Waals surface area contributed by atoms with Crippen molar-refractivity contribution < 1.29 is 14.0 Å². The van der Waals surface area contributed by atoms with Crippen molar-refractivity contribution in [3.8, 4) is 0 Å². The van der Waals surface area contributed by atoms with E-state index in [4.69, 9.17) is 0 Å². The van der Waals surface area contributed by atoms with E-state index < -0.39 is 11.8 Å². The third kappa shape index (κ3) is 4.53. The van der Waals surface area contributed by atoms with Crippen LogP contribution in [0, 0.1) is 5.82 Å². The van der Waals surface area contributed by atoms with E-state index in [0.29, 0.717) is 12.2 Å². The highest BCUT2D eigenvalue weighted by Crippen LogP contribution is 2.20. The summed E-state index contributed by atoms with van der Waals surface area (Å²) in [6.45, 7) is 1.33. The van der Waals surface area contributed by atoms with Crippen LogP contribution in [0.4, 0.5) is 15.8 Å². The van der Waals surface area contributed by atoms with Crippen LogP contribution >= 0.6 is 0 Å². The van der Waals surface area contributed by atoms with E-state index in [1.807, 2.05) is 11.0 Å². The zero-order chi connectivity index (χ0) is 17.6. The fourth-order valence-corrected chi connectivity index (χ4v) is 2.88. The van der Waals surface area contributed by atoms with E-state index in [9.17, 15) is 14.0 Å². The summed E-state index contributed by atoms with van der Waals surface area (Å²) >= 11 is 0. The van der Waals surface area contributed by atoms with Crippen LogP contribution in [0.1, 0.15) is 12.8 Å². The molecule has 1 fully saturated rings. The number of carbonyl (C=O) groups is 2. The smallest absolute Gasteiger partial charge is 0.313 e. The fraction of sp³-hybridized carbons (Fsp3) is 0.278. The summed E-state index contributed by atoms with van der Waals surface area (Å²) in [5.74, 6) is -1.70. The lowest BCUT2D eigenvalue weighted by molar-refractivity contribution is -0.136. The third-order valence-electron chi connectivity index (χ3n) is 4.06. The molecule has 0 saturated carbocycles. The van der Waals surface area contributed by atoms with Crippen LogP contribution < -0.4 is 15.5 Å². The molecule has 1 saturated heterocycles. The molecule has 2 N–H and O–H groups in total. The molecule has 0 bridgehead atoms. The maximum absolute atomic E-state index is 13.4. The number of rotatable bonds is 3. The van der Waals surface area contributed by atoms with Crippen LogP contribution in [0.15, 0.2) is 48.8 Å². The predicted molar refractivity (Wildman–Crippen MR) is 92.6 cm³/mol. The standard InChI is InChI=1S/C18H19FN4O2/c19-13-4-1-7-16(10-13)23-9-3-6-15(12-23)22-18(25)17(24)21-14-5-2-8-20-11-14/h1-2,4-5,7-8,10-11,15H,3,6,9,12H2,(H,21,24)(H,22,25)/t15-/m0/s1. The molecule has 2 heterocycles. The van der Waals surface area contributed by atoms with Crippen molar-refractivity contribution in [3.05, 3.63) is 54.6 Å². The van der Waals surface area contributed by atoms with E-state index in [1.165, 1.54) is 18.3 Å². The Morgan fingerprint density at radius 1 is 1.20 bits per heavy atom. The number of anilines is 2. The van der Waals surface area contributed by atoms with E-state index in [1.54, 1.807) is 24.4 Å². The number of carbonyl (C=O) groups excluding carboxylic acids is 2. The number of nitrogens with one attached hydrogen (secondary N) is 2. The van der Waals surface area contributed by atoms with Gasteiger partial charge < -0.3 is 15.5 Å². The topological polar surface area (TPSA) is 74.3 Å². The van der Waals surface area contributed by atoms with Crippen LogP contribution in [-0.2, 0) is 9.59 Å². The maximum atomic E-state index is 13.4. The minimum atomic E-state index is -0.726. The number of halogens is 1. The Labute approximate surface area is 145 Å². The zero-order valence-corrected chi connectivity index (χ0v) is 13.6. The van der Waals surface area contributed by atoms with Crippen LogP contribution in [0.25, 0.3) is 0 Å². The van der Waals surface area contributed by atoms with Gasteiger partial charge in [0.15, 0.2) is 0 Å². The average molecular weight is 342 g/mol. The van der Waals surface area contributed by atoms with E-state index in [0.717, 1.165) is 25.1 Å². The molecule has 0 aliphatic carbocycles. The van der Waals surface area contributed by atoms with Crippen LogP contribution in [0.2, 0.25) is 0 Å². The summed E-state index contributed by atoms with van der Waals surface area (Å²) in [5.41, 5.74) is 1.24. The summed E-state index contributed by atoms with van der Waals surface area (Å²) in [6.07, 6.45) is 4.68. The molecule has 25 heavy (non-hydrogen) atoms. The second-order valence-electron chi connectivity index (χ2n) is 5.93. The van der Waals surface area contributed by atoms with Gasteiger partial charge in [-0.2, -0.15) is 0 Å². The first kappa shape index (κ1) is 16.9. The first-order chi connectivity index (χ1) is 12.1. The van der Waals surface area contributed by atoms with E-state index >= 15 is 0 Å². The molecular formula is C18H19FN4O2. The highest BCUT2D eigenvalue weighted by atomic mass is 19.1. The molecule has 6 nitrogen and oxygen atoms in total. The molecule has 2 amide bonds.